The van der Waals surface area contributed by atoms with Crippen LogP contribution in [0.2, 0.25) is 5.02 Å². The number of ether oxygens (including phenoxy) is 1. The molecule has 21 heavy (non-hydrogen) atoms. The van der Waals surface area contributed by atoms with Crippen molar-refractivity contribution in [3.63, 3.8) is 0 Å². The zero-order chi connectivity index (χ0) is 14.5. The summed E-state index contributed by atoms with van der Waals surface area (Å²) < 4.78 is 5.84. The quantitative estimate of drug-likeness (QED) is 0.922. The molecule has 1 fully saturated rings. The molecule has 1 aromatic rings. The Morgan fingerprint density at radius 2 is 2.19 bits per heavy atom. The maximum Gasteiger partial charge on any atom is 0.223 e. The molecular formula is C15H22Cl2N2O2. The van der Waals surface area contributed by atoms with E-state index in [1.54, 1.807) is 0 Å². The third-order valence-electron chi connectivity index (χ3n) is 3.60. The molecule has 1 heterocycles. The van der Waals surface area contributed by atoms with Crippen LogP contribution in [0.4, 0.5) is 0 Å². The number of hydrogen-bond donors (Lipinski definition) is 1. The SMILES string of the molecule is CC1COC(c2ccccc2Cl)CN1C(=O)CCCN.Cl. The van der Waals surface area contributed by atoms with Gasteiger partial charge in [-0.1, -0.05) is 29.8 Å². The van der Waals surface area contributed by atoms with Crippen LogP contribution >= 0.6 is 24.0 Å². The van der Waals surface area contributed by atoms with Gasteiger partial charge in [-0.2, -0.15) is 0 Å². The van der Waals surface area contributed by atoms with Gasteiger partial charge in [0, 0.05) is 17.0 Å². The normalized spacial score (nSPS) is 21.8. The molecule has 1 amide bonds. The molecule has 0 aromatic heterocycles. The van der Waals surface area contributed by atoms with Crippen LogP contribution in [-0.4, -0.2) is 36.5 Å². The summed E-state index contributed by atoms with van der Waals surface area (Å²) in [4.78, 5) is 14.1. The summed E-state index contributed by atoms with van der Waals surface area (Å²) in [6.07, 6.45) is 1.07. The third-order valence-corrected chi connectivity index (χ3v) is 3.94. The molecule has 1 saturated heterocycles. The number of nitrogens with two attached hydrogens (primary N) is 1. The van der Waals surface area contributed by atoms with Gasteiger partial charge in [-0.15, -0.1) is 12.4 Å². The molecule has 6 heteroatoms. The molecule has 2 unspecified atom stereocenters. The molecule has 1 aromatic carbocycles. The van der Waals surface area contributed by atoms with Crippen LogP contribution < -0.4 is 5.73 Å². The van der Waals surface area contributed by atoms with E-state index in [2.05, 4.69) is 0 Å². The van der Waals surface area contributed by atoms with Gasteiger partial charge in [0.05, 0.1) is 19.2 Å². The second-order valence-corrected chi connectivity index (χ2v) is 5.54. The van der Waals surface area contributed by atoms with Gasteiger partial charge in [0.2, 0.25) is 5.91 Å². The van der Waals surface area contributed by atoms with Gasteiger partial charge in [0.15, 0.2) is 0 Å². The highest BCUT2D eigenvalue weighted by atomic mass is 35.5. The lowest BCUT2D eigenvalue weighted by Crippen LogP contribution is -2.48. The van der Waals surface area contributed by atoms with Crippen LogP contribution in [0.3, 0.4) is 0 Å². The van der Waals surface area contributed by atoms with E-state index in [0.717, 1.165) is 12.0 Å². The van der Waals surface area contributed by atoms with Crippen LogP contribution in [0.1, 0.15) is 31.4 Å². The number of nitrogens with zero attached hydrogens (tertiary/aromatic N) is 1. The predicted molar refractivity (Wildman–Crippen MR) is 86.9 cm³/mol. The number of halogens is 2. The summed E-state index contributed by atoms with van der Waals surface area (Å²) in [6.45, 7) is 3.63. The van der Waals surface area contributed by atoms with E-state index in [-0.39, 0.29) is 30.5 Å². The molecule has 0 spiro atoms. The lowest BCUT2D eigenvalue weighted by Gasteiger charge is -2.38. The molecule has 2 N–H and O–H groups in total. The van der Waals surface area contributed by atoms with E-state index < -0.39 is 0 Å². The van der Waals surface area contributed by atoms with Crippen LogP contribution in [0.25, 0.3) is 0 Å². The Balaban J connectivity index is 0.00000220. The first-order chi connectivity index (χ1) is 9.63. The van der Waals surface area contributed by atoms with Crippen molar-refractivity contribution in [2.45, 2.75) is 31.9 Å². The Hall–Kier alpha value is -0.810. The first-order valence-corrected chi connectivity index (χ1v) is 7.37. The number of amides is 1. The van der Waals surface area contributed by atoms with Crippen LogP contribution in [0.5, 0.6) is 0 Å². The summed E-state index contributed by atoms with van der Waals surface area (Å²) >= 11 is 6.20. The van der Waals surface area contributed by atoms with Crippen molar-refractivity contribution in [1.82, 2.24) is 4.90 Å². The molecule has 2 rings (SSSR count). The maximum absolute atomic E-state index is 12.2. The van der Waals surface area contributed by atoms with Gasteiger partial charge in [-0.25, -0.2) is 0 Å². The van der Waals surface area contributed by atoms with E-state index in [9.17, 15) is 4.79 Å². The summed E-state index contributed by atoms with van der Waals surface area (Å²) in [5.41, 5.74) is 6.41. The standard InChI is InChI=1S/C15H21ClN2O2.ClH/c1-11-10-20-14(12-5-2-3-6-13(12)16)9-18(11)15(19)7-4-8-17;/h2-3,5-6,11,14H,4,7-10,17H2,1H3;1H. The van der Waals surface area contributed by atoms with Gasteiger partial charge in [0.1, 0.15) is 6.10 Å². The fourth-order valence-corrected chi connectivity index (χ4v) is 2.68. The Kier molecular flexibility index (Phi) is 7.46. The smallest absolute Gasteiger partial charge is 0.223 e. The molecule has 1 aliphatic heterocycles. The monoisotopic (exact) mass is 332 g/mol. The molecule has 0 radical (unpaired) electrons. The van der Waals surface area contributed by atoms with E-state index in [1.165, 1.54) is 0 Å². The number of rotatable bonds is 4. The van der Waals surface area contributed by atoms with Gasteiger partial charge >= 0.3 is 0 Å². The summed E-state index contributed by atoms with van der Waals surface area (Å²) in [5.74, 6) is 0.142. The van der Waals surface area contributed by atoms with Crippen molar-refractivity contribution >= 4 is 29.9 Å². The van der Waals surface area contributed by atoms with Gasteiger partial charge in [-0.05, 0) is 26.0 Å². The van der Waals surface area contributed by atoms with Crippen molar-refractivity contribution < 1.29 is 9.53 Å². The Morgan fingerprint density at radius 1 is 1.48 bits per heavy atom. The number of hydrogen-bond acceptors (Lipinski definition) is 3. The van der Waals surface area contributed by atoms with Gasteiger partial charge in [-0.3, -0.25) is 4.79 Å². The van der Waals surface area contributed by atoms with Crippen molar-refractivity contribution in [3.8, 4) is 0 Å². The first kappa shape index (κ1) is 18.2. The fraction of sp³-hybridized carbons (Fsp3) is 0.533. The van der Waals surface area contributed by atoms with Crippen molar-refractivity contribution in [2.75, 3.05) is 19.7 Å². The van der Waals surface area contributed by atoms with E-state index in [1.807, 2.05) is 36.1 Å². The van der Waals surface area contributed by atoms with Crippen molar-refractivity contribution in [1.29, 1.82) is 0 Å². The largest absolute Gasteiger partial charge is 0.369 e. The summed E-state index contributed by atoms with van der Waals surface area (Å²) in [7, 11) is 0. The Labute approximate surface area is 137 Å². The topological polar surface area (TPSA) is 55.6 Å². The molecule has 1 aliphatic rings. The minimum absolute atomic E-state index is 0. The highest BCUT2D eigenvalue weighted by Gasteiger charge is 2.30. The minimum atomic E-state index is -0.151. The second-order valence-electron chi connectivity index (χ2n) is 5.13. The zero-order valence-electron chi connectivity index (χ0n) is 12.1. The zero-order valence-corrected chi connectivity index (χ0v) is 13.7. The Bertz CT molecular complexity index is 471. The van der Waals surface area contributed by atoms with Crippen LogP contribution in [0, 0.1) is 0 Å². The molecule has 4 nitrogen and oxygen atoms in total. The first-order valence-electron chi connectivity index (χ1n) is 6.99. The minimum Gasteiger partial charge on any atom is -0.369 e. The fourth-order valence-electron chi connectivity index (χ4n) is 2.43. The van der Waals surface area contributed by atoms with Gasteiger partial charge in [0.25, 0.3) is 0 Å². The molecule has 0 bridgehead atoms. The van der Waals surface area contributed by atoms with E-state index in [0.29, 0.717) is 31.1 Å². The van der Waals surface area contributed by atoms with Crippen LogP contribution in [-0.2, 0) is 9.53 Å². The van der Waals surface area contributed by atoms with Gasteiger partial charge < -0.3 is 15.4 Å². The van der Waals surface area contributed by atoms with Crippen molar-refractivity contribution in [2.24, 2.45) is 5.73 Å². The molecular weight excluding hydrogens is 311 g/mol. The molecule has 0 saturated carbocycles. The second kappa shape index (κ2) is 8.59. The average Bonchev–Trinajstić information content (AvgIpc) is 2.46. The number of carbonyl (C=O) groups excluding carboxylic acids is 1. The maximum atomic E-state index is 12.2. The third kappa shape index (κ3) is 4.58. The molecule has 118 valence electrons. The average molecular weight is 333 g/mol. The lowest BCUT2D eigenvalue weighted by molar-refractivity contribution is -0.144. The van der Waals surface area contributed by atoms with Crippen LogP contribution in [0.15, 0.2) is 24.3 Å². The number of morpholine rings is 1. The lowest BCUT2D eigenvalue weighted by atomic mass is 10.1. The Morgan fingerprint density at radius 3 is 2.86 bits per heavy atom. The predicted octanol–water partition coefficient (Wildman–Crippen LogP) is 2.79. The highest BCUT2D eigenvalue weighted by molar-refractivity contribution is 6.31. The van der Waals surface area contributed by atoms with Crippen molar-refractivity contribution in [3.05, 3.63) is 34.9 Å². The summed E-state index contributed by atoms with van der Waals surface area (Å²) in [5, 5.41) is 0.682. The molecule has 2 atom stereocenters. The van der Waals surface area contributed by atoms with E-state index >= 15 is 0 Å². The highest BCUT2D eigenvalue weighted by Crippen LogP contribution is 2.30. The number of benzene rings is 1. The number of carbonyl (C=O) groups is 1. The molecule has 0 aliphatic carbocycles. The van der Waals surface area contributed by atoms with E-state index in [4.69, 9.17) is 22.1 Å². The summed E-state index contributed by atoms with van der Waals surface area (Å²) in [6, 6.07) is 7.72.